The normalized spacial score (nSPS) is 19.8. The van der Waals surface area contributed by atoms with Gasteiger partial charge in [-0.05, 0) is 25.5 Å². The van der Waals surface area contributed by atoms with Crippen molar-refractivity contribution in [2.75, 3.05) is 13.2 Å². The third-order valence-electron chi connectivity index (χ3n) is 5.13. The molecule has 1 aromatic rings. The third kappa shape index (κ3) is 5.08. The van der Waals surface area contributed by atoms with Crippen LogP contribution in [0, 0.1) is 5.92 Å². The maximum absolute atomic E-state index is 12.7. The molecular formula is C22H23NO9S. The van der Waals surface area contributed by atoms with Gasteiger partial charge in [-0.3, -0.25) is 4.79 Å². The lowest BCUT2D eigenvalue weighted by atomic mass is 9.83. The van der Waals surface area contributed by atoms with Gasteiger partial charge in [0.1, 0.15) is 31.6 Å². The molecule has 2 aliphatic rings. The van der Waals surface area contributed by atoms with Crippen molar-refractivity contribution in [2.24, 2.45) is 5.92 Å². The number of rotatable bonds is 10. The molecule has 1 aromatic heterocycles. The smallest absolute Gasteiger partial charge is 0.477 e. The predicted molar refractivity (Wildman–Crippen MR) is 116 cm³/mol. The minimum absolute atomic E-state index is 0.0228. The molecule has 1 fully saturated rings. The van der Waals surface area contributed by atoms with Crippen molar-refractivity contribution >= 4 is 41.1 Å². The Morgan fingerprint density at radius 2 is 1.85 bits per heavy atom. The molecule has 11 heteroatoms. The summed E-state index contributed by atoms with van der Waals surface area (Å²) in [5, 5.41) is 9.76. The Morgan fingerprint density at radius 3 is 2.48 bits per heavy atom. The minimum Gasteiger partial charge on any atom is -0.477 e. The van der Waals surface area contributed by atoms with Crippen molar-refractivity contribution in [1.29, 1.82) is 0 Å². The van der Waals surface area contributed by atoms with Crippen molar-refractivity contribution in [1.82, 2.24) is 4.90 Å². The van der Waals surface area contributed by atoms with Gasteiger partial charge in [-0.1, -0.05) is 25.3 Å². The molecule has 0 unspecified atom stereocenters. The van der Waals surface area contributed by atoms with E-state index in [4.69, 9.17) is 18.9 Å². The third-order valence-corrected chi connectivity index (χ3v) is 6.25. The number of carbonyl (C=O) groups excluding carboxylic acids is 3. The van der Waals surface area contributed by atoms with E-state index in [9.17, 15) is 24.3 Å². The Balaban J connectivity index is 1.70. The summed E-state index contributed by atoms with van der Waals surface area (Å²) in [4.78, 5) is 50.5. The maximum atomic E-state index is 12.7. The van der Waals surface area contributed by atoms with E-state index in [0.29, 0.717) is 15.3 Å². The highest BCUT2D eigenvalue weighted by atomic mass is 32.1. The Hall–Kier alpha value is -3.60. The Labute approximate surface area is 193 Å². The van der Waals surface area contributed by atoms with Crippen LogP contribution in [0.1, 0.15) is 23.1 Å². The number of aliphatic carboxylic acids is 1. The first-order chi connectivity index (χ1) is 15.8. The van der Waals surface area contributed by atoms with Crippen molar-refractivity contribution in [3.63, 3.8) is 0 Å². The molecule has 10 nitrogen and oxygen atoms in total. The van der Waals surface area contributed by atoms with Gasteiger partial charge >= 0.3 is 18.3 Å². The quantitative estimate of drug-likeness (QED) is 0.306. The fourth-order valence-electron chi connectivity index (χ4n) is 3.78. The molecule has 2 aliphatic heterocycles. The Morgan fingerprint density at radius 1 is 1.18 bits per heavy atom. The van der Waals surface area contributed by atoms with Crippen LogP contribution in [0.25, 0.3) is 5.57 Å². The average Bonchev–Trinajstić information content (AvgIpc) is 3.37. The zero-order chi connectivity index (χ0) is 24.1. The molecule has 0 saturated carbocycles. The first kappa shape index (κ1) is 24.1. The Bertz CT molecular complexity index is 1010. The number of carbonyl (C=O) groups is 4. The number of β-lactam (4-membered cyclic amide) rings is 1. The lowest BCUT2D eigenvalue weighted by Gasteiger charge is -2.45. The lowest BCUT2D eigenvalue weighted by molar-refractivity contribution is -0.162. The molecule has 0 bridgehead atoms. The highest BCUT2D eigenvalue weighted by Crippen LogP contribution is 2.48. The molecule has 1 N–H and O–H groups in total. The summed E-state index contributed by atoms with van der Waals surface area (Å²) in [5.74, 6) is -2.34. The summed E-state index contributed by atoms with van der Waals surface area (Å²) in [6.45, 7) is 8.41. The fourth-order valence-corrected chi connectivity index (χ4v) is 4.75. The largest absolute Gasteiger partial charge is 0.508 e. The van der Waals surface area contributed by atoms with E-state index >= 15 is 0 Å². The molecule has 3 atom stereocenters. The molecule has 33 heavy (non-hydrogen) atoms. The zero-order valence-corrected chi connectivity index (χ0v) is 18.7. The lowest BCUT2D eigenvalue weighted by Crippen LogP contribution is -2.62. The summed E-state index contributed by atoms with van der Waals surface area (Å²) in [6.07, 6.45) is 0.537. The number of nitrogens with zero attached hydrogens (tertiary/aromatic N) is 1. The van der Waals surface area contributed by atoms with Crippen LogP contribution in [0.5, 0.6) is 0 Å². The van der Waals surface area contributed by atoms with Crippen LogP contribution in [0.2, 0.25) is 0 Å². The van der Waals surface area contributed by atoms with Crippen LogP contribution in [-0.2, 0) is 35.1 Å². The number of ether oxygens (including phenoxy) is 4. The van der Waals surface area contributed by atoms with E-state index in [-0.39, 0.29) is 31.9 Å². The van der Waals surface area contributed by atoms with Gasteiger partial charge in [0.05, 0.1) is 12.0 Å². The molecule has 0 spiro atoms. The van der Waals surface area contributed by atoms with Gasteiger partial charge in [0.2, 0.25) is 5.91 Å². The van der Waals surface area contributed by atoms with Gasteiger partial charge in [0, 0.05) is 15.3 Å². The second-order valence-corrected chi connectivity index (χ2v) is 8.38. The number of thiophene rings is 1. The number of fused-ring (bicyclic) bond motifs is 1. The zero-order valence-electron chi connectivity index (χ0n) is 17.9. The van der Waals surface area contributed by atoms with Crippen LogP contribution >= 0.6 is 11.3 Å². The molecule has 176 valence electrons. The maximum Gasteiger partial charge on any atom is 0.508 e. The summed E-state index contributed by atoms with van der Waals surface area (Å²) < 4.78 is 19.7. The molecular weight excluding hydrogens is 454 g/mol. The Kier molecular flexibility index (Phi) is 7.54. The summed E-state index contributed by atoms with van der Waals surface area (Å²) >= 11 is 1.25. The van der Waals surface area contributed by atoms with E-state index in [1.807, 2.05) is 0 Å². The van der Waals surface area contributed by atoms with Crippen LogP contribution in [0.3, 0.4) is 0 Å². The van der Waals surface area contributed by atoms with E-state index in [1.165, 1.54) is 28.4 Å². The number of carboxylic acid groups (broad SMARTS) is 1. The number of hydrogen-bond acceptors (Lipinski definition) is 9. The topological polar surface area (TPSA) is 129 Å². The van der Waals surface area contributed by atoms with Crippen molar-refractivity contribution < 1.29 is 43.2 Å². The molecule has 3 heterocycles. The van der Waals surface area contributed by atoms with Gasteiger partial charge in [0.15, 0.2) is 0 Å². The van der Waals surface area contributed by atoms with Gasteiger partial charge in [-0.25, -0.2) is 14.4 Å². The van der Waals surface area contributed by atoms with Crippen LogP contribution in [0.4, 0.5) is 9.59 Å². The highest BCUT2D eigenvalue weighted by Gasteiger charge is 2.58. The molecule has 1 saturated heterocycles. The highest BCUT2D eigenvalue weighted by molar-refractivity contribution is 7.13. The van der Waals surface area contributed by atoms with Crippen LogP contribution in [0.15, 0.2) is 43.1 Å². The standard InChI is InChI=1S/C22H23NO9S/c1-4-8-29-21(27)31-11-13-6-7-16(33-13)14-10-15-17(12(3)32-22(28)30-9-5-2)19(24)23(15)18(14)20(25)26/h4-7,12,15,17H,1-2,8-11H2,3H3,(H,25,26)/t12-,15-,17-/m1/s1. The average molecular weight is 477 g/mol. The number of hydrogen-bond donors (Lipinski definition) is 1. The minimum atomic E-state index is -1.22. The SMILES string of the molecule is C=CCOC(=O)OCc1ccc(C2=C(C(=O)O)N3C(=O)[C@H]([C@@H](C)OC(=O)OCC=C)[C@H]3C2)s1. The van der Waals surface area contributed by atoms with Gasteiger partial charge < -0.3 is 29.0 Å². The van der Waals surface area contributed by atoms with E-state index in [2.05, 4.69) is 13.2 Å². The molecule has 0 radical (unpaired) electrons. The first-order valence-electron chi connectivity index (χ1n) is 10.0. The van der Waals surface area contributed by atoms with E-state index in [1.54, 1.807) is 19.1 Å². The first-order valence-corrected chi connectivity index (χ1v) is 10.8. The predicted octanol–water partition coefficient (Wildman–Crippen LogP) is 3.34. The van der Waals surface area contributed by atoms with Crippen LogP contribution < -0.4 is 0 Å². The van der Waals surface area contributed by atoms with Crippen molar-refractivity contribution in [3.8, 4) is 0 Å². The monoisotopic (exact) mass is 477 g/mol. The number of carboxylic acids is 1. The summed E-state index contributed by atoms with van der Waals surface area (Å²) in [6, 6.07) is 2.98. The second kappa shape index (κ2) is 10.3. The summed E-state index contributed by atoms with van der Waals surface area (Å²) in [5.41, 5.74) is 0.401. The van der Waals surface area contributed by atoms with Gasteiger partial charge in [0.25, 0.3) is 0 Å². The van der Waals surface area contributed by atoms with E-state index in [0.717, 1.165) is 0 Å². The van der Waals surface area contributed by atoms with Gasteiger partial charge in [-0.2, -0.15) is 0 Å². The molecule has 0 aromatic carbocycles. The van der Waals surface area contributed by atoms with Crippen LogP contribution in [-0.4, -0.2) is 59.6 Å². The molecule has 3 rings (SSSR count). The fraction of sp³-hybridized carbons (Fsp3) is 0.364. The van der Waals surface area contributed by atoms with E-state index < -0.39 is 42.3 Å². The molecule has 0 aliphatic carbocycles. The second-order valence-electron chi connectivity index (χ2n) is 7.21. The number of amides is 1. The van der Waals surface area contributed by atoms with Crippen molar-refractivity contribution in [3.05, 3.63) is 52.9 Å². The van der Waals surface area contributed by atoms with Gasteiger partial charge in [-0.15, -0.1) is 11.3 Å². The van der Waals surface area contributed by atoms with Crippen molar-refractivity contribution in [2.45, 2.75) is 32.1 Å². The molecule has 1 amide bonds. The summed E-state index contributed by atoms with van der Waals surface area (Å²) in [7, 11) is 0.